The van der Waals surface area contributed by atoms with Gasteiger partial charge in [0.25, 0.3) is 11.5 Å². The second kappa shape index (κ2) is 7.21. The Balaban J connectivity index is 1.56. The van der Waals surface area contributed by atoms with Crippen LogP contribution in [0.15, 0.2) is 59.5 Å². The van der Waals surface area contributed by atoms with Gasteiger partial charge >= 0.3 is 6.29 Å². The summed E-state index contributed by atoms with van der Waals surface area (Å²) in [6.45, 7) is -0.0485. The minimum atomic E-state index is -3.76. The zero-order chi connectivity index (χ0) is 21.5. The summed E-state index contributed by atoms with van der Waals surface area (Å²) in [7, 11) is 0. The predicted molar refractivity (Wildman–Crippen MR) is 96.8 cm³/mol. The van der Waals surface area contributed by atoms with Crippen LogP contribution in [0.2, 0.25) is 0 Å². The van der Waals surface area contributed by atoms with Crippen molar-refractivity contribution in [2.24, 2.45) is 0 Å². The van der Waals surface area contributed by atoms with Gasteiger partial charge in [0.1, 0.15) is 17.2 Å². The predicted octanol–water partition coefficient (Wildman–Crippen LogP) is 3.75. The Hall–Kier alpha value is -3.82. The van der Waals surface area contributed by atoms with Crippen molar-refractivity contribution in [2.75, 3.05) is 5.32 Å². The molecule has 0 saturated carbocycles. The van der Waals surface area contributed by atoms with Crippen LogP contribution < -0.4 is 20.3 Å². The van der Waals surface area contributed by atoms with Crippen molar-refractivity contribution in [2.45, 2.75) is 12.8 Å². The van der Waals surface area contributed by atoms with Gasteiger partial charge in [-0.3, -0.25) is 9.59 Å². The average molecular weight is 420 g/mol. The molecule has 2 heterocycles. The van der Waals surface area contributed by atoms with E-state index in [1.54, 1.807) is 0 Å². The Morgan fingerprint density at radius 3 is 2.57 bits per heavy atom. The van der Waals surface area contributed by atoms with Crippen molar-refractivity contribution in [1.29, 1.82) is 0 Å². The number of alkyl halides is 2. The fraction of sp³-hybridized carbons (Fsp3) is 0.100. The lowest BCUT2D eigenvalue weighted by molar-refractivity contribution is -0.286. The second-order valence-electron chi connectivity index (χ2n) is 6.38. The molecule has 1 aromatic heterocycles. The van der Waals surface area contributed by atoms with E-state index in [4.69, 9.17) is 0 Å². The number of aromatic nitrogens is 1. The number of hydrogen-bond acceptors (Lipinski definition) is 4. The Kier molecular flexibility index (Phi) is 4.69. The average Bonchev–Trinajstić information content (AvgIpc) is 2.98. The van der Waals surface area contributed by atoms with Crippen molar-refractivity contribution in [3.63, 3.8) is 0 Å². The maximum atomic E-state index is 13.7. The van der Waals surface area contributed by atoms with E-state index >= 15 is 0 Å². The van der Waals surface area contributed by atoms with Crippen LogP contribution in [0.5, 0.6) is 11.5 Å². The Labute approximate surface area is 166 Å². The van der Waals surface area contributed by atoms with Gasteiger partial charge in [-0.2, -0.15) is 0 Å². The van der Waals surface area contributed by atoms with Gasteiger partial charge in [0.15, 0.2) is 11.5 Å². The number of ether oxygens (including phenoxy) is 2. The summed E-state index contributed by atoms with van der Waals surface area (Å²) in [5.41, 5.74) is -0.818. The first-order valence-electron chi connectivity index (χ1n) is 8.56. The maximum absolute atomic E-state index is 13.7. The first-order chi connectivity index (χ1) is 14.2. The van der Waals surface area contributed by atoms with E-state index in [0.717, 1.165) is 12.1 Å². The third-order valence-electron chi connectivity index (χ3n) is 4.26. The second-order valence-corrected chi connectivity index (χ2v) is 6.38. The molecule has 1 amide bonds. The summed E-state index contributed by atoms with van der Waals surface area (Å²) >= 11 is 0. The van der Waals surface area contributed by atoms with Crippen molar-refractivity contribution in [3.05, 3.63) is 87.8 Å². The van der Waals surface area contributed by atoms with Crippen LogP contribution >= 0.6 is 0 Å². The van der Waals surface area contributed by atoms with Gasteiger partial charge < -0.3 is 19.4 Å². The fourth-order valence-corrected chi connectivity index (χ4v) is 2.90. The zero-order valence-electron chi connectivity index (χ0n) is 15.0. The van der Waals surface area contributed by atoms with Crippen LogP contribution in [0.1, 0.15) is 15.9 Å². The van der Waals surface area contributed by atoms with E-state index in [2.05, 4.69) is 14.8 Å². The minimum Gasteiger partial charge on any atom is -0.395 e. The molecular formula is C20H12F4N2O4. The van der Waals surface area contributed by atoms with Crippen LogP contribution in [0.25, 0.3) is 0 Å². The summed E-state index contributed by atoms with van der Waals surface area (Å²) in [5, 5.41) is 2.21. The van der Waals surface area contributed by atoms with Crippen molar-refractivity contribution >= 4 is 11.6 Å². The molecule has 0 atom stereocenters. The molecule has 1 aliphatic heterocycles. The highest BCUT2D eigenvalue weighted by atomic mass is 19.3. The van der Waals surface area contributed by atoms with E-state index in [0.29, 0.717) is 11.6 Å². The lowest BCUT2D eigenvalue weighted by Crippen LogP contribution is -2.29. The number of carbonyl (C=O) groups is 1. The van der Waals surface area contributed by atoms with Crippen LogP contribution in [0.3, 0.4) is 0 Å². The molecule has 4 rings (SSSR count). The summed E-state index contributed by atoms with van der Waals surface area (Å²) < 4.78 is 62.9. The monoisotopic (exact) mass is 420 g/mol. The first kappa shape index (κ1) is 19.5. The summed E-state index contributed by atoms with van der Waals surface area (Å²) in [5.74, 6) is -2.99. The van der Waals surface area contributed by atoms with Crippen molar-refractivity contribution in [1.82, 2.24) is 4.57 Å². The first-order valence-corrected chi connectivity index (χ1v) is 8.56. The fourth-order valence-electron chi connectivity index (χ4n) is 2.90. The number of pyridine rings is 1. The number of nitrogens with zero attached hydrogens (tertiary/aromatic N) is 1. The quantitative estimate of drug-likeness (QED) is 0.653. The highest BCUT2D eigenvalue weighted by Gasteiger charge is 2.43. The molecule has 0 bridgehead atoms. The lowest BCUT2D eigenvalue weighted by atomic mass is 10.2. The molecule has 154 valence electrons. The molecule has 1 aliphatic rings. The van der Waals surface area contributed by atoms with Crippen LogP contribution in [0, 0.1) is 11.6 Å². The Morgan fingerprint density at radius 2 is 1.80 bits per heavy atom. The Morgan fingerprint density at radius 1 is 1.03 bits per heavy atom. The van der Waals surface area contributed by atoms with Crippen LogP contribution in [0.4, 0.5) is 23.2 Å². The topological polar surface area (TPSA) is 69.6 Å². The molecule has 0 radical (unpaired) electrons. The van der Waals surface area contributed by atoms with Gasteiger partial charge in [-0.15, -0.1) is 8.78 Å². The molecule has 10 heteroatoms. The van der Waals surface area contributed by atoms with Gasteiger partial charge in [0.05, 0.1) is 12.2 Å². The normalized spacial score (nSPS) is 13.9. The molecule has 0 aliphatic carbocycles. The van der Waals surface area contributed by atoms with Crippen molar-refractivity contribution < 1.29 is 31.8 Å². The van der Waals surface area contributed by atoms with Gasteiger partial charge in [0, 0.05) is 12.3 Å². The minimum absolute atomic E-state index is 0.0485. The number of rotatable bonds is 4. The molecular weight excluding hydrogens is 408 g/mol. The molecule has 0 unspecified atom stereocenters. The summed E-state index contributed by atoms with van der Waals surface area (Å²) in [6, 6.07) is 9.32. The van der Waals surface area contributed by atoms with E-state index in [-0.39, 0.29) is 29.3 Å². The molecule has 0 fully saturated rings. The van der Waals surface area contributed by atoms with Gasteiger partial charge in [-0.1, -0.05) is 6.07 Å². The van der Waals surface area contributed by atoms with Crippen LogP contribution in [-0.2, 0) is 6.54 Å². The number of nitrogens with one attached hydrogen (secondary N) is 1. The number of benzene rings is 2. The third kappa shape index (κ3) is 3.84. The van der Waals surface area contributed by atoms with Gasteiger partial charge in [0.2, 0.25) is 0 Å². The van der Waals surface area contributed by atoms with E-state index in [1.807, 2.05) is 0 Å². The Bertz CT molecular complexity index is 1210. The lowest BCUT2D eigenvalue weighted by Gasteiger charge is -2.10. The van der Waals surface area contributed by atoms with Crippen molar-refractivity contribution in [3.8, 4) is 11.5 Å². The summed E-state index contributed by atoms with van der Waals surface area (Å²) in [4.78, 5) is 25.1. The van der Waals surface area contributed by atoms with Crippen LogP contribution in [-0.4, -0.2) is 16.8 Å². The maximum Gasteiger partial charge on any atom is 0.586 e. The molecule has 0 saturated heterocycles. The van der Waals surface area contributed by atoms with Gasteiger partial charge in [-0.05, 0) is 42.0 Å². The summed E-state index contributed by atoms with van der Waals surface area (Å²) in [6.07, 6.45) is -2.36. The smallest absolute Gasteiger partial charge is 0.395 e. The molecule has 3 aromatic rings. The number of anilines is 1. The number of carbonyl (C=O) groups excluding carboxylic acids is 1. The standard InChI is InChI=1S/C20H12F4N2O4/c21-12-4-5-15(14(22)9-12)25-18(27)13-2-1-7-26(19(13)28)10-11-3-6-16-17(8-11)30-20(23,24)29-16/h1-9H,10H2,(H,25,27). The molecule has 0 spiro atoms. The third-order valence-corrected chi connectivity index (χ3v) is 4.26. The highest BCUT2D eigenvalue weighted by Crippen LogP contribution is 2.41. The SMILES string of the molecule is O=C(Nc1ccc(F)cc1F)c1cccn(Cc2ccc3c(c2)OC(F)(F)O3)c1=O. The molecule has 6 nitrogen and oxygen atoms in total. The van der Waals surface area contributed by atoms with E-state index in [1.165, 1.54) is 41.1 Å². The van der Waals surface area contributed by atoms with E-state index < -0.39 is 29.4 Å². The molecule has 1 N–H and O–H groups in total. The zero-order valence-corrected chi connectivity index (χ0v) is 15.0. The molecule has 2 aromatic carbocycles. The van der Waals surface area contributed by atoms with E-state index in [9.17, 15) is 27.2 Å². The molecule has 30 heavy (non-hydrogen) atoms. The number of fused-ring (bicyclic) bond motifs is 1. The van der Waals surface area contributed by atoms with Gasteiger partial charge in [-0.25, -0.2) is 8.78 Å². The highest BCUT2D eigenvalue weighted by molar-refractivity contribution is 6.04. The number of hydrogen-bond donors (Lipinski definition) is 1. The number of amides is 1. The number of halogens is 4. The largest absolute Gasteiger partial charge is 0.586 e.